The number of aliphatic hydroxyl groups is 1. The van der Waals surface area contributed by atoms with E-state index in [0.29, 0.717) is 11.1 Å². The van der Waals surface area contributed by atoms with Crippen LogP contribution in [0, 0.1) is 19.7 Å². The van der Waals surface area contributed by atoms with E-state index >= 15 is 0 Å². The van der Waals surface area contributed by atoms with Gasteiger partial charge in [0.15, 0.2) is 0 Å². The van der Waals surface area contributed by atoms with Gasteiger partial charge in [0, 0.05) is 24.5 Å². The number of amides is 1. The van der Waals surface area contributed by atoms with Gasteiger partial charge in [0.25, 0.3) is 11.7 Å². The van der Waals surface area contributed by atoms with Gasteiger partial charge in [0.1, 0.15) is 11.6 Å². The number of carbonyl (C=O) groups is 2. The van der Waals surface area contributed by atoms with Crippen molar-refractivity contribution in [3.8, 4) is 0 Å². The highest BCUT2D eigenvalue weighted by Gasteiger charge is 2.46. The SMILES string of the molecule is Cc1ccc(C)c(C(O)=C2C(=O)C(=O)N(Cc3ccncc3)C2c2ccc(F)cc2)c1. The summed E-state index contributed by atoms with van der Waals surface area (Å²) in [4.78, 5) is 31.5. The van der Waals surface area contributed by atoms with Gasteiger partial charge in [-0.3, -0.25) is 14.6 Å². The number of ketones is 1. The van der Waals surface area contributed by atoms with E-state index in [-0.39, 0.29) is 17.9 Å². The van der Waals surface area contributed by atoms with Crippen LogP contribution in [0.15, 0.2) is 72.6 Å². The van der Waals surface area contributed by atoms with Gasteiger partial charge in [-0.15, -0.1) is 0 Å². The average molecular weight is 416 g/mol. The third-order valence-electron chi connectivity index (χ3n) is 5.48. The highest BCUT2D eigenvalue weighted by atomic mass is 19.1. The summed E-state index contributed by atoms with van der Waals surface area (Å²) in [5, 5.41) is 11.2. The van der Waals surface area contributed by atoms with E-state index in [0.717, 1.165) is 16.7 Å². The Morgan fingerprint density at radius 1 is 1.03 bits per heavy atom. The number of likely N-dealkylation sites (tertiary alicyclic amines) is 1. The second kappa shape index (κ2) is 8.14. The van der Waals surface area contributed by atoms with Crippen molar-refractivity contribution in [2.75, 3.05) is 0 Å². The van der Waals surface area contributed by atoms with Crippen molar-refractivity contribution in [3.63, 3.8) is 0 Å². The van der Waals surface area contributed by atoms with E-state index < -0.39 is 23.5 Å². The van der Waals surface area contributed by atoms with Crippen LogP contribution in [0.3, 0.4) is 0 Å². The zero-order valence-electron chi connectivity index (χ0n) is 17.2. The van der Waals surface area contributed by atoms with Gasteiger partial charge < -0.3 is 10.0 Å². The molecule has 1 saturated heterocycles. The van der Waals surface area contributed by atoms with Crippen molar-refractivity contribution >= 4 is 17.4 Å². The number of hydrogen-bond acceptors (Lipinski definition) is 4. The summed E-state index contributed by atoms with van der Waals surface area (Å²) in [6.45, 7) is 3.86. The topological polar surface area (TPSA) is 70.5 Å². The van der Waals surface area contributed by atoms with E-state index in [9.17, 15) is 19.1 Å². The average Bonchev–Trinajstić information content (AvgIpc) is 3.01. The quantitative estimate of drug-likeness (QED) is 0.387. The smallest absolute Gasteiger partial charge is 0.295 e. The van der Waals surface area contributed by atoms with E-state index in [1.54, 1.807) is 30.6 Å². The van der Waals surface area contributed by atoms with Crippen LogP contribution < -0.4 is 0 Å². The molecule has 5 nitrogen and oxygen atoms in total. The van der Waals surface area contributed by atoms with Crippen LogP contribution in [-0.4, -0.2) is 26.7 Å². The molecular weight excluding hydrogens is 395 g/mol. The molecular formula is C25H21FN2O3. The number of aliphatic hydroxyl groups excluding tert-OH is 1. The summed E-state index contributed by atoms with van der Waals surface area (Å²) < 4.78 is 13.6. The molecule has 0 radical (unpaired) electrons. The van der Waals surface area contributed by atoms with E-state index in [1.165, 1.54) is 29.2 Å². The van der Waals surface area contributed by atoms with Crippen LogP contribution in [-0.2, 0) is 16.1 Å². The van der Waals surface area contributed by atoms with Gasteiger partial charge >= 0.3 is 0 Å². The van der Waals surface area contributed by atoms with Gasteiger partial charge in [-0.05, 0) is 60.9 Å². The van der Waals surface area contributed by atoms with Crippen LogP contribution in [0.1, 0.15) is 33.9 Å². The minimum Gasteiger partial charge on any atom is -0.507 e. The summed E-state index contributed by atoms with van der Waals surface area (Å²) in [5.41, 5.74) is 3.52. The standard InChI is InChI=1S/C25H21FN2O3/c1-15-3-4-16(2)20(13-15)23(29)21-22(18-5-7-19(26)8-6-18)28(25(31)24(21)30)14-17-9-11-27-12-10-17/h3-13,22,29H,14H2,1-2H3. The maximum Gasteiger partial charge on any atom is 0.295 e. The third-order valence-corrected chi connectivity index (χ3v) is 5.48. The largest absolute Gasteiger partial charge is 0.507 e. The molecule has 1 aliphatic heterocycles. The maximum absolute atomic E-state index is 13.6. The lowest BCUT2D eigenvalue weighted by Crippen LogP contribution is -2.29. The highest BCUT2D eigenvalue weighted by molar-refractivity contribution is 6.46. The molecule has 31 heavy (non-hydrogen) atoms. The van der Waals surface area contributed by atoms with Crippen LogP contribution in [0.5, 0.6) is 0 Å². The summed E-state index contributed by atoms with van der Waals surface area (Å²) in [6.07, 6.45) is 3.21. The molecule has 0 bridgehead atoms. The van der Waals surface area contributed by atoms with Crippen LogP contribution in [0.4, 0.5) is 4.39 Å². The van der Waals surface area contributed by atoms with E-state index in [1.807, 2.05) is 26.0 Å². The number of hydrogen-bond donors (Lipinski definition) is 1. The van der Waals surface area contributed by atoms with Crippen molar-refractivity contribution in [3.05, 3.63) is 106 Å². The van der Waals surface area contributed by atoms with Crippen LogP contribution >= 0.6 is 0 Å². The lowest BCUT2D eigenvalue weighted by molar-refractivity contribution is -0.140. The predicted molar refractivity (Wildman–Crippen MR) is 114 cm³/mol. The zero-order chi connectivity index (χ0) is 22.1. The van der Waals surface area contributed by atoms with E-state index in [4.69, 9.17) is 0 Å². The normalized spacial score (nSPS) is 17.9. The number of rotatable bonds is 4. The Morgan fingerprint density at radius 2 is 1.71 bits per heavy atom. The van der Waals surface area contributed by atoms with Crippen molar-refractivity contribution < 1.29 is 19.1 Å². The molecule has 1 N–H and O–H groups in total. The molecule has 4 rings (SSSR count). The van der Waals surface area contributed by atoms with Crippen LogP contribution in [0.2, 0.25) is 0 Å². The predicted octanol–water partition coefficient (Wildman–Crippen LogP) is 4.46. The molecule has 1 unspecified atom stereocenters. The summed E-state index contributed by atoms with van der Waals surface area (Å²) in [6, 6.07) is 13.8. The highest BCUT2D eigenvalue weighted by Crippen LogP contribution is 2.40. The first-order valence-electron chi connectivity index (χ1n) is 9.87. The molecule has 2 aromatic carbocycles. The monoisotopic (exact) mass is 416 g/mol. The molecule has 1 fully saturated rings. The molecule has 6 heteroatoms. The van der Waals surface area contributed by atoms with Gasteiger partial charge in [0.2, 0.25) is 0 Å². The molecule has 1 amide bonds. The van der Waals surface area contributed by atoms with Crippen molar-refractivity contribution in [2.24, 2.45) is 0 Å². The molecule has 0 saturated carbocycles. The fourth-order valence-corrected chi connectivity index (χ4v) is 3.86. The van der Waals surface area contributed by atoms with Gasteiger partial charge in [0.05, 0.1) is 11.6 Å². The number of halogens is 1. The molecule has 3 aromatic rings. The molecule has 0 spiro atoms. The molecule has 2 heterocycles. The number of aromatic nitrogens is 1. The first-order chi connectivity index (χ1) is 14.9. The number of carbonyl (C=O) groups excluding carboxylic acids is 2. The minimum absolute atomic E-state index is 0.000589. The zero-order valence-corrected chi connectivity index (χ0v) is 17.2. The molecule has 0 aliphatic carbocycles. The Hall–Kier alpha value is -3.80. The van der Waals surface area contributed by atoms with Crippen molar-refractivity contribution in [1.82, 2.24) is 9.88 Å². The first kappa shape index (κ1) is 20.5. The second-order valence-corrected chi connectivity index (χ2v) is 7.65. The van der Waals surface area contributed by atoms with Crippen LogP contribution in [0.25, 0.3) is 5.76 Å². The third kappa shape index (κ3) is 3.84. The fourth-order valence-electron chi connectivity index (χ4n) is 3.86. The Labute approximate surface area is 179 Å². The number of benzene rings is 2. The van der Waals surface area contributed by atoms with Gasteiger partial charge in [-0.2, -0.15) is 0 Å². The number of Topliss-reactive ketones (excluding diaryl/α,β-unsaturated/α-hetero) is 1. The number of nitrogens with zero attached hydrogens (tertiary/aromatic N) is 2. The van der Waals surface area contributed by atoms with E-state index in [2.05, 4.69) is 4.98 Å². The maximum atomic E-state index is 13.6. The van der Waals surface area contributed by atoms with Crippen molar-refractivity contribution in [2.45, 2.75) is 26.4 Å². The molecule has 1 aliphatic rings. The Morgan fingerprint density at radius 3 is 2.39 bits per heavy atom. The summed E-state index contributed by atoms with van der Waals surface area (Å²) >= 11 is 0. The summed E-state index contributed by atoms with van der Waals surface area (Å²) in [7, 11) is 0. The molecule has 1 atom stereocenters. The Bertz CT molecular complexity index is 1190. The number of aryl methyl sites for hydroxylation is 2. The van der Waals surface area contributed by atoms with Crippen molar-refractivity contribution in [1.29, 1.82) is 0 Å². The summed E-state index contributed by atoms with van der Waals surface area (Å²) in [5.74, 6) is -2.13. The Balaban J connectivity index is 1.90. The van der Waals surface area contributed by atoms with Gasteiger partial charge in [-0.1, -0.05) is 29.8 Å². The molecule has 156 valence electrons. The molecule has 1 aromatic heterocycles. The Kier molecular flexibility index (Phi) is 5.38. The second-order valence-electron chi connectivity index (χ2n) is 7.65. The minimum atomic E-state index is -0.839. The van der Waals surface area contributed by atoms with Gasteiger partial charge in [-0.25, -0.2) is 4.39 Å². The number of pyridine rings is 1. The first-order valence-corrected chi connectivity index (χ1v) is 9.87. The fraction of sp³-hybridized carbons (Fsp3) is 0.160. The lowest BCUT2D eigenvalue weighted by atomic mass is 9.93. The lowest BCUT2D eigenvalue weighted by Gasteiger charge is -2.25.